The van der Waals surface area contributed by atoms with Crippen LogP contribution < -0.4 is 0 Å². The molecular formula is C27H29FN2O. The molecule has 1 heterocycles. The number of hydrogen-bond donors (Lipinski definition) is 1. The second-order valence-corrected chi connectivity index (χ2v) is 9.47. The quantitative estimate of drug-likeness (QED) is 0.595. The van der Waals surface area contributed by atoms with Crippen LogP contribution in [0.3, 0.4) is 0 Å². The van der Waals surface area contributed by atoms with E-state index in [9.17, 15) is 9.50 Å². The van der Waals surface area contributed by atoms with Crippen LogP contribution >= 0.6 is 0 Å². The number of aliphatic hydroxyl groups excluding tert-OH is 1. The number of rotatable bonds is 4. The van der Waals surface area contributed by atoms with Crippen LogP contribution in [0.2, 0.25) is 0 Å². The smallest absolute Gasteiger partial charge is 0.123 e. The number of aryl methyl sites for hydroxylation is 1. The van der Waals surface area contributed by atoms with Crippen molar-refractivity contribution in [3.05, 3.63) is 88.5 Å². The number of hydrogen-bond acceptors (Lipinski definition) is 2. The lowest BCUT2D eigenvalue weighted by Gasteiger charge is -2.47. The Morgan fingerprint density at radius 3 is 2.81 bits per heavy atom. The largest absolute Gasteiger partial charge is 0.392 e. The minimum absolute atomic E-state index is 0.0643. The van der Waals surface area contributed by atoms with E-state index in [0.29, 0.717) is 6.42 Å². The molecule has 0 aliphatic heterocycles. The Balaban J connectivity index is 1.45. The topological polar surface area (TPSA) is 38.1 Å². The maximum absolute atomic E-state index is 13.4. The number of nitrogens with zero attached hydrogens (tertiary/aromatic N) is 2. The van der Waals surface area contributed by atoms with Gasteiger partial charge in [-0.1, -0.05) is 42.3 Å². The number of aliphatic hydroxyl groups is 1. The van der Waals surface area contributed by atoms with Crippen molar-refractivity contribution in [1.82, 2.24) is 9.78 Å². The first kappa shape index (κ1) is 20.2. The molecule has 3 aromatic rings. The molecule has 1 saturated carbocycles. The minimum atomic E-state index is -0.371. The van der Waals surface area contributed by atoms with Crippen molar-refractivity contribution >= 4 is 6.08 Å². The molecule has 0 bridgehead atoms. The summed E-state index contributed by atoms with van der Waals surface area (Å²) >= 11 is 0. The minimum Gasteiger partial charge on any atom is -0.392 e. The SMILES string of the molecule is Cc1cccc(C[C@H](O)[C@H]2CCCC3=Cc4c(cnn4-c4ccc(F)cc4)C[C@@]32C)c1. The van der Waals surface area contributed by atoms with Crippen LogP contribution in [-0.4, -0.2) is 21.0 Å². The first-order valence-corrected chi connectivity index (χ1v) is 11.2. The number of halogens is 1. The van der Waals surface area contributed by atoms with Crippen LogP contribution in [0.5, 0.6) is 0 Å². The second kappa shape index (κ2) is 7.76. The Kier molecular flexibility index (Phi) is 5.05. The predicted octanol–water partition coefficient (Wildman–Crippen LogP) is 5.67. The lowest BCUT2D eigenvalue weighted by Crippen LogP contribution is -2.43. The van der Waals surface area contributed by atoms with E-state index in [0.717, 1.165) is 37.1 Å². The molecule has 2 aliphatic carbocycles. The molecule has 1 fully saturated rings. The van der Waals surface area contributed by atoms with Crippen LogP contribution in [0.4, 0.5) is 4.39 Å². The van der Waals surface area contributed by atoms with Crippen molar-refractivity contribution < 1.29 is 9.50 Å². The van der Waals surface area contributed by atoms with Crippen molar-refractivity contribution in [2.45, 2.75) is 52.1 Å². The van der Waals surface area contributed by atoms with Crippen LogP contribution in [0.15, 0.2) is 60.3 Å². The molecule has 31 heavy (non-hydrogen) atoms. The molecule has 3 nitrogen and oxygen atoms in total. The molecule has 0 radical (unpaired) electrons. The van der Waals surface area contributed by atoms with E-state index >= 15 is 0 Å². The maximum atomic E-state index is 13.4. The highest BCUT2D eigenvalue weighted by Crippen LogP contribution is 2.52. The second-order valence-electron chi connectivity index (χ2n) is 9.47. The summed E-state index contributed by atoms with van der Waals surface area (Å²) in [5.74, 6) is -0.0243. The van der Waals surface area contributed by atoms with E-state index in [1.54, 1.807) is 12.1 Å². The highest BCUT2D eigenvalue weighted by molar-refractivity contribution is 5.61. The lowest BCUT2D eigenvalue weighted by atomic mass is 9.58. The van der Waals surface area contributed by atoms with Gasteiger partial charge in [-0.3, -0.25) is 0 Å². The van der Waals surface area contributed by atoms with Gasteiger partial charge in [-0.2, -0.15) is 5.10 Å². The predicted molar refractivity (Wildman–Crippen MR) is 122 cm³/mol. The third kappa shape index (κ3) is 3.63. The van der Waals surface area contributed by atoms with Crippen molar-refractivity contribution in [1.29, 1.82) is 0 Å². The van der Waals surface area contributed by atoms with Crippen LogP contribution in [0.25, 0.3) is 11.8 Å². The number of fused-ring (bicyclic) bond motifs is 2. The molecule has 4 heteroatoms. The van der Waals surface area contributed by atoms with Gasteiger partial charge in [0.25, 0.3) is 0 Å². The highest BCUT2D eigenvalue weighted by atomic mass is 19.1. The van der Waals surface area contributed by atoms with Gasteiger partial charge in [0.15, 0.2) is 0 Å². The van der Waals surface area contributed by atoms with Crippen LogP contribution in [0.1, 0.15) is 48.6 Å². The average Bonchev–Trinajstić information content (AvgIpc) is 3.14. The molecule has 1 N–H and O–H groups in total. The van der Waals surface area contributed by atoms with Gasteiger partial charge in [0, 0.05) is 0 Å². The zero-order valence-electron chi connectivity index (χ0n) is 18.2. The summed E-state index contributed by atoms with van der Waals surface area (Å²) in [6, 6.07) is 14.9. The Morgan fingerprint density at radius 1 is 1.23 bits per heavy atom. The third-order valence-corrected chi connectivity index (χ3v) is 7.33. The molecular weight excluding hydrogens is 387 g/mol. The summed E-state index contributed by atoms with van der Waals surface area (Å²) < 4.78 is 15.3. The van der Waals surface area contributed by atoms with Gasteiger partial charge in [-0.15, -0.1) is 0 Å². The summed E-state index contributed by atoms with van der Waals surface area (Å²) in [5.41, 5.74) is 6.94. The van der Waals surface area contributed by atoms with E-state index < -0.39 is 0 Å². The number of benzene rings is 2. The highest BCUT2D eigenvalue weighted by Gasteiger charge is 2.46. The summed E-state index contributed by atoms with van der Waals surface area (Å²) in [6.07, 6.45) is 8.61. The Hall–Kier alpha value is -2.72. The van der Waals surface area contributed by atoms with Gasteiger partial charge < -0.3 is 5.11 Å². The number of aromatic nitrogens is 2. The van der Waals surface area contributed by atoms with Crippen LogP contribution in [-0.2, 0) is 12.8 Å². The van der Waals surface area contributed by atoms with Gasteiger partial charge in [0.2, 0.25) is 0 Å². The van der Waals surface area contributed by atoms with Gasteiger partial charge in [0.1, 0.15) is 5.82 Å². The first-order valence-electron chi connectivity index (χ1n) is 11.2. The fraction of sp³-hybridized carbons (Fsp3) is 0.370. The van der Waals surface area contributed by atoms with Crippen molar-refractivity contribution in [2.24, 2.45) is 11.3 Å². The van der Waals surface area contributed by atoms with E-state index in [-0.39, 0.29) is 23.3 Å². The fourth-order valence-corrected chi connectivity index (χ4v) is 5.71. The third-order valence-electron chi connectivity index (χ3n) is 7.33. The summed E-state index contributed by atoms with van der Waals surface area (Å²) in [4.78, 5) is 0. The molecule has 0 spiro atoms. The maximum Gasteiger partial charge on any atom is 0.123 e. The zero-order valence-corrected chi connectivity index (χ0v) is 18.2. The van der Waals surface area contributed by atoms with E-state index in [1.807, 2.05) is 10.9 Å². The van der Waals surface area contributed by atoms with Crippen molar-refractivity contribution in [2.75, 3.05) is 0 Å². The normalized spacial score (nSPS) is 23.6. The Bertz CT molecular complexity index is 1130. The molecule has 2 aliphatic rings. The molecule has 1 aromatic heterocycles. The summed E-state index contributed by atoms with van der Waals surface area (Å²) in [7, 11) is 0. The summed E-state index contributed by atoms with van der Waals surface area (Å²) in [5, 5.41) is 15.9. The zero-order chi connectivity index (χ0) is 21.6. The summed E-state index contributed by atoms with van der Waals surface area (Å²) in [6.45, 7) is 4.42. The van der Waals surface area contributed by atoms with Crippen molar-refractivity contribution in [3.63, 3.8) is 0 Å². The van der Waals surface area contributed by atoms with Crippen LogP contribution in [0, 0.1) is 24.1 Å². The van der Waals surface area contributed by atoms with Gasteiger partial charge in [-0.25, -0.2) is 9.07 Å². The molecule has 0 amide bonds. The Morgan fingerprint density at radius 2 is 2.03 bits per heavy atom. The first-order chi connectivity index (χ1) is 14.9. The molecule has 3 atom stereocenters. The molecule has 0 unspecified atom stereocenters. The van der Waals surface area contributed by atoms with E-state index in [4.69, 9.17) is 0 Å². The van der Waals surface area contributed by atoms with E-state index in [1.165, 1.54) is 34.4 Å². The fourth-order valence-electron chi connectivity index (χ4n) is 5.71. The van der Waals surface area contributed by atoms with Crippen molar-refractivity contribution in [3.8, 4) is 5.69 Å². The van der Waals surface area contributed by atoms with Gasteiger partial charge in [-0.05, 0) is 91.8 Å². The number of allylic oxidation sites excluding steroid dienone is 1. The molecule has 5 rings (SSSR count). The molecule has 0 saturated heterocycles. The van der Waals surface area contributed by atoms with Gasteiger partial charge >= 0.3 is 0 Å². The monoisotopic (exact) mass is 416 g/mol. The van der Waals surface area contributed by atoms with Gasteiger partial charge in [0.05, 0.1) is 23.7 Å². The standard InChI is InChI=1S/C27H29FN2O/c1-18-5-3-6-19(13-18)14-26(31)24-8-4-7-21-15-25-20(16-27(21,24)2)17-29-30(25)23-11-9-22(28)10-12-23/h3,5-6,9-13,15,17,24,26,31H,4,7-8,14,16H2,1-2H3/t24-,26+,27+/m1/s1. The average molecular weight is 417 g/mol. The van der Waals surface area contributed by atoms with E-state index in [2.05, 4.69) is 49.3 Å². The lowest BCUT2D eigenvalue weighted by molar-refractivity contribution is 0.0234. The molecule has 2 aromatic carbocycles. The molecule has 160 valence electrons. The Labute approximate surface area is 183 Å².